The Kier molecular flexibility index (Phi) is 5.28. The first-order valence-electron chi connectivity index (χ1n) is 7.97. The molecular formula is C20H20N2O3. The van der Waals surface area contributed by atoms with Gasteiger partial charge in [-0.05, 0) is 11.1 Å². The Morgan fingerprint density at radius 3 is 2.08 bits per heavy atom. The van der Waals surface area contributed by atoms with E-state index in [2.05, 4.69) is 4.84 Å². The van der Waals surface area contributed by atoms with Crippen LogP contribution in [0.3, 0.4) is 0 Å². The highest BCUT2D eigenvalue weighted by Crippen LogP contribution is 2.27. The van der Waals surface area contributed by atoms with E-state index >= 15 is 0 Å². The molecule has 0 bridgehead atoms. The van der Waals surface area contributed by atoms with Gasteiger partial charge in [-0.3, -0.25) is 9.63 Å². The summed E-state index contributed by atoms with van der Waals surface area (Å²) in [6.45, 7) is 0.160. The molecule has 0 saturated carbocycles. The van der Waals surface area contributed by atoms with E-state index in [0.29, 0.717) is 5.69 Å². The van der Waals surface area contributed by atoms with E-state index in [-0.39, 0.29) is 23.9 Å². The Bertz CT molecular complexity index is 837. The van der Waals surface area contributed by atoms with Crippen LogP contribution in [-0.4, -0.2) is 4.57 Å². The van der Waals surface area contributed by atoms with Crippen LogP contribution in [0, 0.1) is 0 Å². The zero-order chi connectivity index (χ0) is 17.6. The van der Waals surface area contributed by atoms with Gasteiger partial charge < -0.3 is 9.30 Å². The van der Waals surface area contributed by atoms with E-state index < -0.39 is 0 Å². The second-order valence-electron chi connectivity index (χ2n) is 5.73. The molecular weight excluding hydrogens is 316 g/mol. The van der Waals surface area contributed by atoms with Gasteiger partial charge in [-0.1, -0.05) is 60.7 Å². The molecule has 0 spiro atoms. The number of aromatic nitrogens is 1. The Balaban J connectivity index is 1.99. The maximum absolute atomic E-state index is 12.4. The third-order valence-corrected chi connectivity index (χ3v) is 3.99. The lowest BCUT2D eigenvalue weighted by Gasteiger charge is -2.20. The summed E-state index contributed by atoms with van der Waals surface area (Å²) in [5.74, 6) is 5.38. The number of benzene rings is 2. The summed E-state index contributed by atoms with van der Waals surface area (Å²) in [6.07, 6.45) is 1.29. The molecule has 2 N–H and O–H groups in total. The Hall–Kier alpha value is -2.89. The fourth-order valence-corrected chi connectivity index (χ4v) is 2.68. The van der Waals surface area contributed by atoms with Crippen LogP contribution in [0.4, 0.5) is 0 Å². The molecule has 0 fully saturated rings. The Labute approximate surface area is 146 Å². The largest absolute Gasteiger partial charge is 0.475 e. The third-order valence-electron chi connectivity index (χ3n) is 3.99. The minimum atomic E-state index is -0.369. The summed E-state index contributed by atoms with van der Waals surface area (Å²) in [5, 5.41) is 0. The molecule has 5 heteroatoms. The molecule has 25 heavy (non-hydrogen) atoms. The van der Waals surface area contributed by atoms with E-state index in [9.17, 15) is 4.79 Å². The molecule has 2 aromatic carbocycles. The number of hydrogen-bond acceptors (Lipinski definition) is 4. The van der Waals surface area contributed by atoms with Crippen molar-refractivity contribution in [3.63, 3.8) is 0 Å². The summed E-state index contributed by atoms with van der Waals surface area (Å²) in [7, 11) is 1.82. The van der Waals surface area contributed by atoms with Crippen LogP contribution in [0.5, 0.6) is 5.75 Å². The van der Waals surface area contributed by atoms with Gasteiger partial charge in [-0.15, -0.1) is 0 Å². The predicted octanol–water partition coefficient (Wildman–Crippen LogP) is 2.94. The third kappa shape index (κ3) is 3.96. The summed E-state index contributed by atoms with van der Waals surface area (Å²) in [6, 6.07) is 21.1. The minimum absolute atomic E-state index is 0.160. The monoisotopic (exact) mass is 336 g/mol. The smallest absolute Gasteiger partial charge is 0.223 e. The van der Waals surface area contributed by atoms with Gasteiger partial charge in [0, 0.05) is 18.8 Å². The van der Waals surface area contributed by atoms with Crippen LogP contribution in [0.25, 0.3) is 0 Å². The lowest BCUT2D eigenvalue weighted by molar-refractivity contribution is 0.118. The van der Waals surface area contributed by atoms with Crippen LogP contribution in [0.2, 0.25) is 0 Å². The number of ether oxygens (including phenoxy) is 1. The quantitative estimate of drug-likeness (QED) is 0.703. The number of nitrogens with two attached hydrogens (primary N) is 1. The SMILES string of the molecule is Cn1cc(OC(c2ccccc2)c2ccccc2)c(=O)cc1CON. The first-order chi connectivity index (χ1) is 12.2. The van der Waals surface area contributed by atoms with Crippen LogP contribution in [-0.2, 0) is 18.5 Å². The van der Waals surface area contributed by atoms with Crippen molar-refractivity contribution in [1.82, 2.24) is 4.57 Å². The van der Waals surface area contributed by atoms with E-state index in [1.54, 1.807) is 10.8 Å². The van der Waals surface area contributed by atoms with Gasteiger partial charge in [-0.25, -0.2) is 5.90 Å². The van der Waals surface area contributed by atoms with Crippen LogP contribution in [0.1, 0.15) is 22.9 Å². The Morgan fingerprint density at radius 1 is 1.00 bits per heavy atom. The van der Waals surface area contributed by atoms with E-state index in [4.69, 9.17) is 10.6 Å². The molecule has 0 unspecified atom stereocenters. The highest BCUT2D eigenvalue weighted by molar-refractivity contribution is 5.32. The average molecular weight is 336 g/mol. The molecule has 5 nitrogen and oxygen atoms in total. The zero-order valence-electron chi connectivity index (χ0n) is 14.0. The minimum Gasteiger partial charge on any atom is -0.475 e. The lowest BCUT2D eigenvalue weighted by Crippen LogP contribution is -2.18. The molecule has 0 amide bonds. The van der Waals surface area contributed by atoms with Gasteiger partial charge in [0.05, 0.1) is 6.20 Å². The maximum Gasteiger partial charge on any atom is 0.223 e. The van der Waals surface area contributed by atoms with E-state index in [1.165, 1.54) is 6.07 Å². The van der Waals surface area contributed by atoms with Crippen molar-refractivity contribution >= 4 is 0 Å². The van der Waals surface area contributed by atoms with Crippen LogP contribution in [0.15, 0.2) is 77.7 Å². The highest BCUT2D eigenvalue weighted by atomic mass is 16.6. The molecule has 0 radical (unpaired) electrons. The van der Waals surface area contributed by atoms with Gasteiger partial charge in [0.15, 0.2) is 5.75 Å². The van der Waals surface area contributed by atoms with E-state index in [0.717, 1.165) is 11.1 Å². The van der Waals surface area contributed by atoms with E-state index in [1.807, 2.05) is 67.7 Å². The normalized spacial score (nSPS) is 10.8. The van der Waals surface area contributed by atoms with Crippen molar-refractivity contribution in [2.75, 3.05) is 0 Å². The molecule has 0 atom stereocenters. The summed E-state index contributed by atoms with van der Waals surface area (Å²) < 4.78 is 7.90. The summed E-state index contributed by atoms with van der Waals surface area (Å²) in [5.41, 5.74) is 2.42. The lowest BCUT2D eigenvalue weighted by atomic mass is 10.0. The molecule has 1 heterocycles. The van der Waals surface area contributed by atoms with Gasteiger partial charge in [0.2, 0.25) is 5.43 Å². The molecule has 3 rings (SSSR count). The van der Waals surface area contributed by atoms with Crippen molar-refractivity contribution in [2.45, 2.75) is 12.7 Å². The second kappa shape index (κ2) is 7.79. The number of aryl methyl sites for hydroxylation is 1. The first kappa shape index (κ1) is 17.0. The van der Waals surface area contributed by atoms with Crippen molar-refractivity contribution in [2.24, 2.45) is 12.9 Å². The van der Waals surface area contributed by atoms with Crippen molar-refractivity contribution in [3.05, 3.63) is 100.0 Å². The standard InChI is InChI=1S/C20H20N2O3/c1-22-13-19(18(23)12-17(22)14-24-21)25-20(15-8-4-2-5-9-15)16-10-6-3-7-11-16/h2-13,20H,14,21H2,1H3. The molecule has 0 aliphatic rings. The molecule has 128 valence electrons. The van der Waals surface area contributed by atoms with Gasteiger partial charge in [-0.2, -0.15) is 0 Å². The predicted molar refractivity (Wildman–Crippen MR) is 96.0 cm³/mol. The fourth-order valence-electron chi connectivity index (χ4n) is 2.68. The van der Waals surface area contributed by atoms with Gasteiger partial charge >= 0.3 is 0 Å². The number of rotatable bonds is 6. The molecule has 0 aliphatic heterocycles. The van der Waals surface area contributed by atoms with Crippen molar-refractivity contribution in [1.29, 1.82) is 0 Å². The Morgan fingerprint density at radius 2 is 1.56 bits per heavy atom. The topological polar surface area (TPSA) is 66.5 Å². The fraction of sp³-hybridized carbons (Fsp3) is 0.150. The van der Waals surface area contributed by atoms with Crippen molar-refractivity contribution < 1.29 is 9.57 Å². The number of pyridine rings is 1. The average Bonchev–Trinajstić information content (AvgIpc) is 2.65. The first-order valence-corrected chi connectivity index (χ1v) is 7.97. The second-order valence-corrected chi connectivity index (χ2v) is 5.73. The van der Waals surface area contributed by atoms with Gasteiger partial charge in [0.1, 0.15) is 12.7 Å². The number of hydrogen-bond donors (Lipinski definition) is 1. The summed E-state index contributed by atoms with van der Waals surface area (Å²) in [4.78, 5) is 17.1. The van der Waals surface area contributed by atoms with Crippen LogP contribution < -0.4 is 16.1 Å². The van der Waals surface area contributed by atoms with Crippen molar-refractivity contribution in [3.8, 4) is 5.75 Å². The highest BCUT2D eigenvalue weighted by Gasteiger charge is 2.18. The number of nitrogens with zero attached hydrogens (tertiary/aromatic N) is 1. The molecule has 0 saturated heterocycles. The summed E-state index contributed by atoms with van der Waals surface area (Å²) >= 11 is 0. The molecule has 3 aromatic rings. The molecule has 1 aromatic heterocycles. The van der Waals surface area contributed by atoms with Gasteiger partial charge in [0.25, 0.3) is 0 Å². The van der Waals surface area contributed by atoms with Crippen LogP contribution >= 0.6 is 0 Å². The maximum atomic E-state index is 12.4. The zero-order valence-corrected chi connectivity index (χ0v) is 14.0. The molecule has 0 aliphatic carbocycles.